The summed E-state index contributed by atoms with van der Waals surface area (Å²) in [6.45, 7) is 11.5. The SMILES string of the molecule is Cc1ccc(-c2nc(C)c(C(=O)N[C@H](C(=O)N3CCCC3)C(C)C)s2)c(C)c1. The normalized spacial score (nSPS) is 15.1. The van der Waals surface area contributed by atoms with Crippen LogP contribution >= 0.6 is 11.3 Å². The molecule has 0 saturated carbocycles. The highest BCUT2D eigenvalue weighted by molar-refractivity contribution is 7.17. The molecule has 1 aromatic heterocycles. The van der Waals surface area contributed by atoms with Gasteiger partial charge in [0.05, 0.1) is 5.69 Å². The summed E-state index contributed by atoms with van der Waals surface area (Å²) < 4.78 is 0. The van der Waals surface area contributed by atoms with Crippen LogP contribution in [0.2, 0.25) is 0 Å². The van der Waals surface area contributed by atoms with Crippen LogP contribution in [0.1, 0.15) is 53.2 Å². The third-order valence-corrected chi connectivity index (χ3v) is 6.44. The number of nitrogens with zero attached hydrogens (tertiary/aromatic N) is 2. The molecule has 0 spiro atoms. The molecular weight excluding hydrogens is 370 g/mol. The van der Waals surface area contributed by atoms with Crippen molar-refractivity contribution in [1.29, 1.82) is 0 Å². The molecule has 1 atom stereocenters. The average molecular weight is 400 g/mol. The fourth-order valence-corrected chi connectivity index (χ4v) is 4.69. The molecule has 1 aliphatic heterocycles. The second kappa shape index (κ2) is 8.43. The lowest BCUT2D eigenvalue weighted by Gasteiger charge is -2.26. The summed E-state index contributed by atoms with van der Waals surface area (Å²) in [5, 5.41) is 3.82. The molecule has 0 aliphatic carbocycles. The first-order valence-electron chi connectivity index (χ1n) is 9.92. The first-order valence-corrected chi connectivity index (χ1v) is 10.7. The highest BCUT2D eigenvalue weighted by Gasteiger charge is 2.31. The maximum Gasteiger partial charge on any atom is 0.263 e. The molecule has 0 bridgehead atoms. The maximum absolute atomic E-state index is 13.0. The van der Waals surface area contributed by atoms with Crippen LogP contribution in [-0.2, 0) is 4.79 Å². The lowest BCUT2D eigenvalue weighted by molar-refractivity contribution is -0.133. The largest absolute Gasteiger partial charge is 0.341 e. The zero-order chi connectivity index (χ0) is 20.4. The number of rotatable bonds is 5. The smallest absolute Gasteiger partial charge is 0.263 e. The van der Waals surface area contributed by atoms with E-state index in [1.54, 1.807) is 0 Å². The molecule has 1 fully saturated rings. The van der Waals surface area contributed by atoms with Crippen molar-refractivity contribution in [3.05, 3.63) is 39.9 Å². The second-order valence-corrected chi connectivity index (χ2v) is 8.98. The van der Waals surface area contributed by atoms with E-state index in [1.165, 1.54) is 16.9 Å². The Kier molecular flexibility index (Phi) is 6.18. The fourth-order valence-electron chi connectivity index (χ4n) is 3.63. The number of nitrogens with one attached hydrogen (secondary N) is 1. The van der Waals surface area contributed by atoms with Crippen molar-refractivity contribution in [3.8, 4) is 10.6 Å². The summed E-state index contributed by atoms with van der Waals surface area (Å²) >= 11 is 1.39. The molecule has 1 aliphatic rings. The van der Waals surface area contributed by atoms with E-state index < -0.39 is 6.04 Å². The van der Waals surface area contributed by atoms with Crippen LogP contribution in [0.5, 0.6) is 0 Å². The Morgan fingerprint density at radius 1 is 1.14 bits per heavy atom. The van der Waals surface area contributed by atoms with Gasteiger partial charge in [-0.2, -0.15) is 0 Å². The van der Waals surface area contributed by atoms with Crippen LogP contribution in [0.4, 0.5) is 0 Å². The summed E-state index contributed by atoms with van der Waals surface area (Å²) in [6.07, 6.45) is 2.08. The van der Waals surface area contributed by atoms with Gasteiger partial charge in [0, 0.05) is 18.7 Å². The molecule has 6 heteroatoms. The lowest BCUT2D eigenvalue weighted by atomic mass is 10.0. The highest BCUT2D eigenvalue weighted by Crippen LogP contribution is 2.31. The number of carbonyl (C=O) groups excluding carboxylic acids is 2. The zero-order valence-electron chi connectivity index (χ0n) is 17.3. The van der Waals surface area contributed by atoms with E-state index in [1.807, 2.05) is 25.7 Å². The van der Waals surface area contributed by atoms with Gasteiger partial charge in [-0.05, 0) is 45.1 Å². The van der Waals surface area contributed by atoms with Gasteiger partial charge in [0.25, 0.3) is 5.91 Å². The van der Waals surface area contributed by atoms with Gasteiger partial charge in [0.15, 0.2) is 0 Å². The fraction of sp³-hybridized carbons (Fsp3) is 0.500. The van der Waals surface area contributed by atoms with E-state index in [4.69, 9.17) is 0 Å². The number of thiazole rings is 1. The summed E-state index contributed by atoms with van der Waals surface area (Å²) in [5.41, 5.74) is 4.09. The quantitative estimate of drug-likeness (QED) is 0.823. The lowest BCUT2D eigenvalue weighted by Crippen LogP contribution is -2.50. The molecule has 1 aromatic carbocycles. The summed E-state index contributed by atoms with van der Waals surface area (Å²) in [6, 6.07) is 5.73. The monoisotopic (exact) mass is 399 g/mol. The van der Waals surface area contributed by atoms with Crippen LogP contribution < -0.4 is 5.32 Å². The molecule has 0 radical (unpaired) electrons. The Bertz CT molecular complexity index is 882. The number of benzene rings is 1. The number of amides is 2. The Balaban J connectivity index is 1.81. The molecule has 3 rings (SSSR count). The van der Waals surface area contributed by atoms with Crippen molar-refractivity contribution in [2.75, 3.05) is 13.1 Å². The molecule has 1 N–H and O–H groups in total. The molecular formula is C22H29N3O2S. The van der Waals surface area contributed by atoms with Gasteiger partial charge in [-0.1, -0.05) is 37.6 Å². The van der Waals surface area contributed by atoms with E-state index in [9.17, 15) is 9.59 Å². The van der Waals surface area contributed by atoms with Gasteiger partial charge in [0.1, 0.15) is 15.9 Å². The van der Waals surface area contributed by atoms with Crippen LogP contribution in [0, 0.1) is 26.7 Å². The van der Waals surface area contributed by atoms with Crippen molar-refractivity contribution >= 4 is 23.2 Å². The Labute approximate surface area is 171 Å². The van der Waals surface area contributed by atoms with Gasteiger partial charge < -0.3 is 10.2 Å². The third-order valence-electron chi connectivity index (χ3n) is 5.25. The van der Waals surface area contributed by atoms with E-state index in [-0.39, 0.29) is 17.7 Å². The van der Waals surface area contributed by atoms with Gasteiger partial charge in [-0.3, -0.25) is 9.59 Å². The zero-order valence-corrected chi connectivity index (χ0v) is 18.2. The topological polar surface area (TPSA) is 62.3 Å². The van der Waals surface area contributed by atoms with Gasteiger partial charge in [0.2, 0.25) is 5.91 Å². The number of aryl methyl sites for hydroxylation is 3. The predicted molar refractivity (Wildman–Crippen MR) is 114 cm³/mol. The van der Waals surface area contributed by atoms with E-state index in [0.29, 0.717) is 10.6 Å². The third kappa shape index (κ3) is 4.27. The van der Waals surface area contributed by atoms with Crippen molar-refractivity contribution in [1.82, 2.24) is 15.2 Å². The minimum absolute atomic E-state index is 0.0256. The number of carbonyl (C=O) groups is 2. The van der Waals surface area contributed by atoms with E-state index in [0.717, 1.165) is 42.1 Å². The molecule has 150 valence electrons. The molecule has 28 heavy (non-hydrogen) atoms. The van der Waals surface area contributed by atoms with Gasteiger partial charge in [-0.15, -0.1) is 11.3 Å². The maximum atomic E-state index is 13.0. The number of aromatic nitrogens is 1. The standard InChI is InChI=1S/C22H29N3O2S/c1-13(2)18(22(27)25-10-6-7-11-25)24-20(26)19-16(5)23-21(28-19)17-9-8-14(3)12-15(17)4/h8-9,12-13,18H,6-7,10-11H2,1-5H3,(H,24,26)/t18-/m0/s1. The molecule has 2 heterocycles. The first kappa shape index (κ1) is 20.5. The molecule has 2 amide bonds. The minimum Gasteiger partial charge on any atom is -0.341 e. The molecule has 5 nitrogen and oxygen atoms in total. The Morgan fingerprint density at radius 2 is 1.82 bits per heavy atom. The predicted octanol–water partition coefficient (Wildman–Crippen LogP) is 4.11. The average Bonchev–Trinajstić information content (AvgIpc) is 3.28. The van der Waals surface area contributed by atoms with E-state index >= 15 is 0 Å². The van der Waals surface area contributed by atoms with Crippen molar-refractivity contribution in [2.24, 2.45) is 5.92 Å². The van der Waals surface area contributed by atoms with Gasteiger partial charge >= 0.3 is 0 Å². The van der Waals surface area contributed by atoms with Crippen LogP contribution in [0.3, 0.4) is 0 Å². The van der Waals surface area contributed by atoms with Crippen LogP contribution in [0.25, 0.3) is 10.6 Å². The summed E-state index contributed by atoms with van der Waals surface area (Å²) in [5.74, 6) is -0.154. The first-order chi connectivity index (χ1) is 13.3. The van der Waals surface area contributed by atoms with Crippen molar-refractivity contribution in [3.63, 3.8) is 0 Å². The second-order valence-electron chi connectivity index (χ2n) is 7.98. The minimum atomic E-state index is -0.503. The Morgan fingerprint density at radius 3 is 2.43 bits per heavy atom. The van der Waals surface area contributed by atoms with Crippen LogP contribution in [-0.4, -0.2) is 40.8 Å². The Hall–Kier alpha value is -2.21. The number of hydrogen-bond acceptors (Lipinski definition) is 4. The van der Waals surface area contributed by atoms with E-state index in [2.05, 4.69) is 42.3 Å². The summed E-state index contributed by atoms with van der Waals surface area (Å²) in [4.78, 5) is 32.9. The van der Waals surface area contributed by atoms with Crippen molar-refractivity contribution < 1.29 is 9.59 Å². The molecule has 1 saturated heterocycles. The van der Waals surface area contributed by atoms with Crippen LogP contribution in [0.15, 0.2) is 18.2 Å². The summed E-state index contributed by atoms with van der Waals surface area (Å²) in [7, 11) is 0. The van der Waals surface area contributed by atoms with Gasteiger partial charge in [-0.25, -0.2) is 4.98 Å². The molecule has 0 unspecified atom stereocenters. The highest BCUT2D eigenvalue weighted by atomic mass is 32.1. The number of hydrogen-bond donors (Lipinski definition) is 1. The molecule has 2 aromatic rings. The number of likely N-dealkylation sites (tertiary alicyclic amines) is 1. The van der Waals surface area contributed by atoms with Crippen molar-refractivity contribution in [2.45, 2.75) is 53.5 Å².